The normalized spacial score (nSPS) is 20.8. The van der Waals surface area contributed by atoms with Crippen LogP contribution in [0.15, 0.2) is 23.8 Å². The lowest BCUT2D eigenvalue weighted by atomic mass is 9.87. The summed E-state index contributed by atoms with van der Waals surface area (Å²) >= 11 is 9.42. The van der Waals surface area contributed by atoms with Crippen LogP contribution in [0.4, 0.5) is 0 Å². The Morgan fingerprint density at radius 1 is 1.67 bits per heavy atom. The van der Waals surface area contributed by atoms with Gasteiger partial charge in [0.15, 0.2) is 0 Å². The van der Waals surface area contributed by atoms with E-state index in [1.807, 2.05) is 0 Å². The van der Waals surface area contributed by atoms with Gasteiger partial charge in [0.2, 0.25) is 0 Å². The summed E-state index contributed by atoms with van der Waals surface area (Å²) < 4.78 is 0. The maximum atomic E-state index is 5.91. The molecular formula is C10H14BrCl. The average molecular weight is 250 g/mol. The summed E-state index contributed by atoms with van der Waals surface area (Å²) in [6.45, 7) is 2.22. The van der Waals surface area contributed by atoms with E-state index < -0.39 is 0 Å². The molecule has 1 atom stereocenters. The van der Waals surface area contributed by atoms with Crippen LogP contribution in [-0.2, 0) is 0 Å². The Hall–Kier alpha value is 0.250. The Bertz CT molecular complexity index is 202. The van der Waals surface area contributed by atoms with Gasteiger partial charge in [-0.15, -0.1) is 11.6 Å². The number of alkyl halides is 2. The zero-order chi connectivity index (χ0) is 9.03. The molecular weight excluding hydrogens is 235 g/mol. The minimum absolute atomic E-state index is 0.222. The van der Waals surface area contributed by atoms with Crippen molar-refractivity contribution >= 4 is 27.5 Å². The lowest BCUT2D eigenvalue weighted by molar-refractivity contribution is 0.428. The van der Waals surface area contributed by atoms with Gasteiger partial charge in [0, 0.05) is 11.2 Å². The standard InChI is InChI=1S/C10H14BrCl/c1-10(7-11,8-12)6-9-4-2-3-5-9/h2-4H,5-8H2,1H3. The highest BCUT2D eigenvalue weighted by Crippen LogP contribution is 2.32. The molecule has 0 fully saturated rings. The van der Waals surface area contributed by atoms with Crippen molar-refractivity contribution in [2.45, 2.75) is 19.8 Å². The molecule has 1 aliphatic carbocycles. The third-order valence-electron chi connectivity index (χ3n) is 2.15. The van der Waals surface area contributed by atoms with Crippen LogP contribution in [0.3, 0.4) is 0 Å². The van der Waals surface area contributed by atoms with E-state index in [0.29, 0.717) is 0 Å². The first-order chi connectivity index (χ1) is 5.70. The molecule has 1 aliphatic rings. The van der Waals surface area contributed by atoms with Gasteiger partial charge in [-0.1, -0.05) is 46.7 Å². The highest BCUT2D eigenvalue weighted by atomic mass is 79.9. The van der Waals surface area contributed by atoms with Gasteiger partial charge in [0.1, 0.15) is 0 Å². The zero-order valence-corrected chi connectivity index (χ0v) is 9.66. The average Bonchev–Trinajstić information content (AvgIpc) is 2.57. The molecule has 0 aromatic rings. The van der Waals surface area contributed by atoms with Crippen LogP contribution >= 0.6 is 27.5 Å². The monoisotopic (exact) mass is 248 g/mol. The van der Waals surface area contributed by atoms with Crippen molar-refractivity contribution in [3.63, 3.8) is 0 Å². The first-order valence-corrected chi connectivity index (χ1v) is 5.82. The van der Waals surface area contributed by atoms with Gasteiger partial charge in [0.25, 0.3) is 0 Å². The lowest BCUT2D eigenvalue weighted by Gasteiger charge is -2.24. The summed E-state index contributed by atoms with van der Waals surface area (Å²) in [5.41, 5.74) is 1.72. The first kappa shape index (κ1) is 10.3. The molecule has 0 bridgehead atoms. The van der Waals surface area contributed by atoms with Crippen LogP contribution in [0.5, 0.6) is 0 Å². The summed E-state index contributed by atoms with van der Waals surface area (Å²) in [6.07, 6.45) is 8.73. The van der Waals surface area contributed by atoms with E-state index in [-0.39, 0.29) is 5.41 Å². The molecule has 0 spiro atoms. The topological polar surface area (TPSA) is 0 Å². The van der Waals surface area contributed by atoms with Gasteiger partial charge in [-0.25, -0.2) is 0 Å². The molecule has 0 saturated heterocycles. The molecule has 0 aromatic heterocycles. The molecule has 0 nitrogen and oxygen atoms in total. The maximum absolute atomic E-state index is 5.91. The molecule has 1 unspecified atom stereocenters. The third kappa shape index (κ3) is 2.63. The van der Waals surface area contributed by atoms with Crippen molar-refractivity contribution in [1.29, 1.82) is 0 Å². The molecule has 0 radical (unpaired) electrons. The van der Waals surface area contributed by atoms with E-state index in [9.17, 15) is 0 Å². The minimum atomic E-state index is 0.222. The molecule has 1 rings (SSSR count). The second-order valence-corrected chi connectivity index (χ2v) is 4.54. The van der Waals surface area contributed by atoms with Crippen LogP contribution in [0.25, 0.3) is 0 Å². The second kappa shape index (κ2) is 4.48. The van der Waals surface area contributed by atoms with Gasteiger partial charge < -0.3 is 0 Å². The van der Waals surface area contributed by atoms with Crippen LogP contribution in [0, 0.1) is 5.41 Å². The minimum Gasteiger partial charge on any atom is -0.126 e. The molecule has 0 heterocycles. The Labute approximate surface area is 87.8 Å². The smallest absolute Gasteiger partial charge is 0.0288 e. The quantitative estimate of drug-likeness (QED) is 0.663. The van der Waals surface area contributed by atoms with Crippen molar-refractivity contribution in [1.82, 2.24) is 0 Å². The summed E-state index contributed by atoms with van der Waals surface area (Å²) in [5, 5.41) is 0.973. The molecule has 12 heavy (non-hydrogen) atoms. The van der Waals surface area contributed by atoms with Gasteiger partial charge in [0.05, 0.1) is 0 Å². The Kier molecular flexibility index (Phi) is 3.85. The fraction of sp³-hybridized carbons (Fsp3) is 0.600. The van der Waals surface area contributed by atoms with E-state index in [1.54, 1.807) is 0 Å². The molecule has 68 valence electrons. The maximum Gasteiger partial charge on any atom is 0.0288 e. The number of hydrogen-bond acceptors (Lipinski definition) is 0. The highest BCUT2D eigenvalue weighted by molar-refractivity contribution is 9.09. The van der Waals surface area contributed by atoms with Crippen molar-refractivity contribution in [2.24, 2.45) is 5.41 Å². The molecule has 2 heteroatoms. The number of rotatable bonds is 4. The molecule has 0 N–H and O–H groups in total. The number of hydrogen-bond donors (Lipinski definition) is 0. The van der Waals surface area contributed by atoms with Crippen molar-refractivity contribution in [3.8, 4) is 0 Å². The highest BCUT2D eigenvalue weighted by Gasteiger charge is 2.23. The fourth-order valence-electron chi connectivity index (χ4n) is 1.30. The molecule has 0 aliphatic heterocycles. The van der Waals surface area contributed by atoms with Crippen LogP contribution in [0.2, 0.25) is 0 Å². The Balaban J connectivity index is 2.48. The predicted octanol–water partition coefficient (Wildman–Crippen LogP) is 3.90. The SMILES string of the molecule is CC(CCl)(CBr)CC1=CC=CC1. The summed E-state index contributed by atoms with van der Waals surface area (Å²) in [5.74, 6) is 0.718. The largest absolute Gasteiger partial charge is 0.126 e. The zero-order valence-electron chi connectivity index (χ0n) is 7.32. The molecule has 0 saturated carbocycles. The van der Waals surface area contributed by atoms with E-state index in [4.69, 9.17) is 11.6 Å². The number of halogens is 2. The molecule has 0 aromatic carbocycles. The van der Waals surface area contributed by atoms with Crippen molar-refractivity contribution in [2.75, 3.05) is 11.2 Å². The van der Waals surface area contributed by atoms with Gasteiger partial charge in [-0.05, 0) is 18.3 Å². The summed E-state index contributed by atoms with van der Waals surface area (Å²) in [4.78, 5) is 0. The summed E-state index contributed by atoms with van der Waals surface area (Å²) in [6, 6.07) is 0. The second-order valence-electron chi connectivity index (χ2n) is 3.71. The van der Waals surface area contributed by atoms with Crippen LogP contribution in [-0.4, -0.2) is 11.2 Å². The lowest BCUT2D eigenvalue weighted by Crippen LogP contribution is -2.20. The van der Waals surface area contributed by atoms with E-state index in [2.05, 4.69) is 41.1 Å². The van der Waals surface area contributed by atoms with Gasteiger partial charge >= 0.3 is 0 Å². The van der Waals surface area contributed by atoms with E-state index in [1.165, 1.54) is 5.57 Å². The number of allylic oxidation sites excluding steroid dienone is 4. The summed E-state index contributed by atoms with van der Waals surface area (Å²) in [7, 11) is 0. The Morgan fingerprint density at radius 3 is 2.83 bits per heavy atom. The van der Waals surface area contributed by atoms with Crippen molar-refractivity contribution in [3.05, 3.63) is 23.8 Å². The van der Waals surface area contributed by atoms with Gasteiger partial charge in [-0.2, -0.15) is 0 Å². The Morgan fingerprint density at radius 2 is 2.42 bits per heavy atom. The van der Waals surface area contributed by atoms with Crippen LogP contribution < -0.4 is 0 Å². The van der Waals surface area contributed by atoms with Gasteiger partial charge in [-0.3, -0.25) is 0 Å². The van der Waals surface area contributed by atoms with Crippen molar-refractivity contribution < 1.29 is 0 Å². The molecule has 0 amide bonds. The van der Waals surface area contributed by atoms with E-state index >= 15 is 0 Å². The van der Waals surface area contributed by atoms with Crippen LogP contribution in [0.1, 0.15) is 19.8 Å². The van der Waals surface area contributed by atoms with E-state index in [0.717, 1.165) is 24.1 Å². The first-order valence-electron chi connectivity index (χ1n) is 4.17. The fourth-order valence-corrected chi connectivity index (χ4v) is 2.11. The third-order valence-corrected chi connectivity index (χ3v) is 4.15. The predicted molar refractivity (Wildman–Crippen MR) is 59.1 cm³/mol.